The Morgan fingerprint density at radius 2 is 1.60 bits per heavy atom. The van der Waals surface area contributed by atoms with Crippen LogP contribution in [0.15, 0.2) is 84.9 Å². The highest BCUT2D eigenvalue weighted by molar-refractivity contribution is 8.00. The molecule has 3 saturated heterocycles. The zero-order chi connectivity index (χ0) is 39.2. The molecular formula is C43H52O10SSi. The molecule has 3 aliphatic heterocycles. The smallest absolute Gasteiger partial charge is 0.303 e. The van der Waals surface area contributed by atoms with E-state index in [4.69, 9.17) is 32.8 Å². The van der Waals surface area contributed by atoms with Crippen LogP contribution in [0.3, 0.4) is 0 Å². The predicted molar refractivity (Wildman–Crippen MR) is 211 cm³/mol. The normalized spacial score (nSPS) is 31.8. The Hall–Kier alpha value is -3.52. The van der Waals surface area contributed by atoms with Crippen molar-refractivity contribution in [1.29, 1.82) is 0 Å². The van der Waals surface area contributed by atoms with Crippen molar-refractivity contribution in [2.24, 2.45) is 11.8 Å². The molecule has 0 unspecified atom stereocenters. The van der Waals surface area contributed by atoms with Crippen molar-refractivity contribution in [3.8, 4) is 5.75 Å². The van der Waals surface area contributed by atoms with Gasteiger partial charge in [-0.2, -0.15) is 11.8 Å². The number of ketones is 1. The molecule has 10 nitrogen and oxygen atoms in total. The summed E-state index contributed by atoms with van der Waals surface area (Å²) < 4.78 is 45.3. The van der Waals surface area contributed by atoms with Gasteiger partial charge >= 0.3 is 11.9 Å². The van der Waals surface area contributed by atoms with E-state index in [-0.39, 0.29) is 47.9 Å². The molecule has 3 heterocycles. The number of esters is 2. The maximum Gasteiger partial charge on any atom is 0.303 e. The van der Waals surface area contributed by atoms with Gasteiger partial charge in [-0.15, -0.1) is 0 Å². The molecule has 0 bridgehead atoms. The summed E-state index contributed by atoms with van der Waals surface area (Å²) >= 11 is 1.68. The van der Waals surface area contributed by atoms with Crippen LogP contribution in [0.25, 0.3) is 0 Å². The van der Waals surface area contributed by atoms with Crippen LogP contribution in [0.2, 0.25) is 5.04 Å². The SMILES string of the molecule is COc1cccc(CO[C@H]2C[C@H]3[C@H](SC[C@@H]3O[Si](c3ccccc3)(c3ccccc3)C(C)(C)C)[C@H]3O[C@@]4(C[C@H](OC(C)=O)[C@H](C)CO4)C(=O)[C@@]23OC(C)=O)c1. The molecule has 1 spiro atoms. The van der Waals surface area contributed by atoms with Crippen molar-refractivity contribution in [2.75, 3.05) is 19.5 Å². The van der Waals surface area contributed by atoms with Crippen molar-refractivity contribution in [3.63, 3.8) is 0 Å². The summed E-state index contributed by atoms with van der Waals surface area (Å²) in [7, 11) is -1.39. The monoisotopic (exact) mass is 788 g/mol. The fraction of sp³-hybridized carbons (Fsp3) is 0.512. The third-order valence-corrected chi connectivity index (χ3v) is 18.3. The van der Waals surface area contributed by atoms with Crippen LogP contribution >= 0.6 is 11.8 Å². The van der Waals surface area contributed by atoms with Gasteiger partial charge in [0.15, 0.2) is 0 Å². The second-order valence-corrected chi connectivity index (χ2v) is 21.8. The fourth-order valence-corrected chi connectivity index (χ4v) is 15.7. The Kier molecular flexibility index (Phi) is 11.1. The lowest BCUT2D eigenvalue weighted by Gasteiger charge is -2.49. The highest BCUT2D eigenvalue weighted by Crippen LogP contribution is 2.58. The highest BCUT2D eigenvalue weighted by Gasteiger charge is 2.77. The minimum atomic E-state index is -2.99. The third kappa shape index (κ3) is 7.08. The second-order valence-electron chi connectivity index (χ2n) is 16.3. The van der Waals surface area contributed by atoms with Gasteiger partial charge in [0, 0.05) is 43.1 Å². The molecule has 1 aliphatic carbocycles. The number of carbonyl (C=O) groups excluding carboxylic acids is 3. The second kappa shape index (κ2) is 15.4. The Bertz CT molecular complexity index is 1830. The minimum absolute atomic E-state index is 0.0290. The number of hydrogen-bond acceptors (Lipinski definition) is 11. The van der Waals surface area contributed by atoms with Crippen LogP contribution in [0.5, 0.6) is 5.75 Å². The summed E-state index contributed by atoms with van der Waals surface area (Å²) in [6, 6.07) is 28.6. The van der Waals surface area contributed by atoms with Gasteiger partial charge in [0.1, 0.15) is 24.1 Å². The van der Waals surface area contributed by atoms with Crippen molar-refractivity contribution in [1.82, 2.24) is 0 Å². The topological polar surface area (TPSA) is 116 Å². The van der Waals surface area contributed by atoms with E-state index in [1.54, 1.807) is 18.9 Å². The number of methoxy groups -OCH3 is 1. The zero-order valence-electron chi connectivity index (χ0n) is 32.7. The fourth-order valence-electron chi connectivity index (χ4n) is 9.21. The number of hydrogen-bond donors (Lipinski definition) is 0. The van der Waals surface area contributed by atoms with E-state index in [9.17, 15) is 9.59 Å². The lowest BCUT2D eigenvalue weighted by atomic mass is 9.70. The standard InChI is InChI=1S/C43H52O10SSi/c1-27-24-49-42(23-35(27)50-28(2)44)40(46)43(51-29(3)45)37(48-25-30-15-14-16-31(21-30)47-7)22-34-36(26-54-38(34)39(43)52-42)53-55(41(4,5)6,32-17-10-8-11-18-32)33-19-12-9-13-20-33/h8-21,27,34-39H,22-26H2,1-7H3/t27-,34-,35+,36+,37+,38+,39-,42+,43-/m1/s1. The van der Waals surface area contributed by atoms with Crippen LogP contribution in [0.1, 0.15) is 59.9 Å². The molecule has 4 fully saturated rings. The molecule has 0 N–H and O–H groups in total. The largest absolute Gasteiger partial charge is 0.497 e. The molecule has 1 saturated carbocycles. The molecule has 3 aromatic carbocycles. The maximum atomic E-state index is 15.2. The third-order valence-electron chi connectivity index (χ3n) is 11.7. The van der Waals surface area contributed by atoms with Gasteiger partial charge in [0.25, 0.3) is 8.32 Å². The van der Waals surface area contributed by atoms with E-state index in [0.29, 0.717) is 17.9 Å². The van der Waals surface area contributed by atoms with Crippen LogP contribution in [0, 0.1) is 11.8 Å². The van der Waals surface area contributed by atoms with Crippen LogP contribution < -0.4 is 15.1 Å². The molecule has 0 aromatic heterocycles. The molecule has 3 aromatic rings. The number of thioether (sulfide) groups is 1. The number of benzene rings is 3. The van der Waals surface area contributed by atoms with E-state index in [0.717, 1.165) is 5.56 Å². The van der Waals surface area contributed by atoms with Gasteiger partial charge in [-0.25, -0.2) is 0 Å². The van der Waals surface area contributed by atoms with E-state index in [2.05, 4.69) is 69.3 Å². The van der Waals surface area contributed by atoms with Gasteiger partial charge in [-0.1, -0.05) is 100 Å². The van der Waals surface area contributed by atoms with Crippen LogP contribution in [0.4, 0.5) is 0 Å². The summed E-state index contributed by atoms with van der Waals surface area (Å²) in [6.07, 6.45) is -2.40. The lowest BCUT2D eigenvalue weighted by Crippen LogP contribution is -2.70. The highest BCUT2D eigenvalue weighted by atomic mass is 32.2. The number of rotatable bonds is 10. The molecule has 0 radical (unpaired) electrons. The molecular weight excluding hydrogens is 737 g/mol. The molecule has 12 heteroatoms. The molecule has 0 amide bonds. The number of ether oxygens (including phenoxy) is 6. The Morgan fingerprint density at radius 1 is 0.927 bits per heavy atom. The molecule has 4 aliphatic rings. The van der Waals surface area contributed by atoms with Gasteiger partial charge in [0.05, 0.1) is 26.4 Å². The Labute approximate surface area is 329 Å². The zero-order valence-corrected chi connectivity index (χ0v) is 34.5. The number of fused-ring (bicyclic) bond motifs is 3. The van der Waals surface area contributed by atoms with Gasteiger partial charge in [0.2, 0.25) is 17.2 Å². The minimum Gasteiger partial charge on any atom is -0.497 e. The van der Waals surface area contributed by atoms with Gasteiger partial charge in [-0.3, -0.25) is 14.4 Å². The van der Waals surface area contributed by atoms with Crippen LogP contribution in [-0.2, 0) is 49.1 Å². The summed E-state index contributed by atoms with van der Waals surface area (Å²) in [6.45, 7) is 11.6. The predicted octanol–water partition coefficient (Wildman–Crippen LogP) is 5.62. The quantitative estimate of drug-likeness (QED) is 0.189. The van der Waals surface area contributed by atoms with Crippen molar-refractivity contribution < 1.29 is 47.2 Å². The van der Waals surface area contributed by atoms with Gasteiger partial charge < -0.3 is 32.8 Å². The molecule has 9 atom stereocenters. The average molecular weight is 789 g/mol. The first-order valence-corrected chi connectivity index (χ1v) is 22.1. The van der Waals surface area contributed by atoms with Crippen molar-refractivity contribution in [3.05, 3.63) is 90.5 Å². The first kappa shape index (κ1) is 39.7. The van der Waals surface area contributed by atoms with E-state index in [1.807, 2.05) is 43.3 Å². The van der Waals surface area contributed by atoms with Crippen LogP contribution in [-0.4, -0.2) is 86.6 Å². The maximum absolute atomic E-state index is 15.2. The number of carbonyl (C=O) groups is 3. The Balaban J connectivity index is 1.32. The molecule has 294 valence electrons. The first-order valence-electron chi connectivity index (χ1n) is 19.1. The molecule has 7 rings (SSSR count). The van der Waals surface area contributed by atoms with Gasteiger partial charge in [-0.05, 0) is 39.5 Å². The van der Waals surface area contributed by atoms with Crippen molar-refractivity contribution >= 4 is 48.2 Å². The summed E-state index contributed by atoms with van der Waals surface area (Å²) in [4.78, 5) is 40.6. The first-order chi connectivity index (χ1) is 26.2. The van der Waals surface area contributed by atoms with E-state index < -0.39 is 55.7 Å². The Morgan fingerprint density at radius 3 is 2.20 bits per heavy atom. The number of Topliss-reactive ketones (excluding diaryl/α,β-unsaturated/α-hetero) is 1. The summed E-state index contributed by atoms with van der Waals surface area (Å²) in [5.41, 5.74) is -0.998. The van der Waals surface area contributed by atoms with E-state index >= 15 is 4.79 Å². The van der Waals surface area contributed by atoms with E-state index in [1.165, 1.54) is 24.2 Å². The lowest BCUT2D eigenvalue weighted by molar-refractivity contribution is -0.269. The summed E-state index contributed by atoms with van der Waals surface area (Å²) in [5.74, 6) is -2.44. The van der Waals surface area contributed by atoms with Crippen molar-refractivity contribution in [2.45, 2.75) is 107 Å². The molecule has 55 heavy (non-hydrogen) atoms. The average Bonchev–Trinajstić information content (AvgIpc) is 3.66. The summed E-state index contributed by atoms with van der Waals surface area (Å²) in [5, 5.41) is 1.77.